The fraction of sp³-hybridized carbons (Fsp3) is 0.222. The fourth-order valence-electron chi connectivity index (χ4n) is 3.93. The molecule has 1 heterocycles. The van der Waals surface area contributed by atoms with Gasteiger partial charge in [-0.25, -0.2) is 4.79 Å². The molecule has 0 N–H and O–H groups in total. The summed E-state index contributed by atoms with van der Waals surface area (Å²) in [4.78, 5) is 12.6. The van der Waals surface area contributed by atoms with Crippen molar-refractivity contribution in [3.8, 4) is 0 Å². The second-order valence-corrected chi connectivity index (χ2v) is 7.92. The number of hydrogen-bond donors (Lipinski definition) is 0. The van der Waals surface area contributed by atoms with E-state index in [1.165, 1.54) is 0 Å². The highest BCUT2D eigenvalue weighted by Crippen LogP contribution is 2.37. The highest BCUT2D eigenvalue weighted by molar-refractivity contribution is 5.85. The van der Waals surface area contributed by atoms with Crippen LogP contribution in [0.5, 0.6) is 0 Å². The molecular weight excluding hydrogens is 394 g/mol. The second-order valence-electron chi connectivity index (χ2n) is 7.92. The van der Waals surface area contributed by atoms with Crippen LogP contribution in [0, 0.1) is 6.92 Å². The van der Waals surface area contributed by atoms with E-state index < -0.39 is 23.7 Å². The van der Waals surface area contributed by atoms with E-state index >= 15 is 8.78 Å². The zero-order chi connectivity index (χ0) is 21.8. The van der Waals surface area contributed by atoms with E-state index in [0.717, 1.165) is 16.7 Å². The lowest BCUT2D eigenvalue weighted by Crippen LogP contribution is -2.21. The lowest BCUT2D eigenvalue weighted by atomic mass is 9.93. The van der Waals surface area contributed by atoms with Crippen molar-refractivity contribution in [2.45, 2.75) is 38.5 Å². The minimum Gasteiger partial charge on any atom is -0.421 e. The summed E-state index contributed by atoms with van der Waals surface area (Å²) in [6.45, 7) is 1.89. The van der Waals surface area contributed by atoms with Gasteiger partial charge in [-0.3, -0.25) is 0 Å². The molecule has 0 atom stereocenters. The van der Waals surface area contributed by atoms with Crippen LogP contribution in [-0.2, 0) is 25.2 Å². The van der Waals surface area contributed by atoms with Crippen LogP contribution in [0.4, 0.5) is 8.78 Å². The monoisotopic (exact) mass is 418 g/mol. The van der Waals surface area contributed by atoms with Crippen LogP contribution in [0.1, 0.15) is 34.4 Å². The van der Waals surface area contributed by atoms with E-state index in [4.69, 9.17) is 4.42 Å². The SMILES string of the molecule is Cc1ccc2c(=O)oc(C(F)(F)CCc3ccccc3)c(CCc3ccccc3)c2c1. The maximum Gasteiger partial charge on any atom is 0.344 e. The van der Waals surface area contributed by atoms with E-state index in [9.17, 15) is 4.79 Å². The van der Waals surface area contributed by atoms with E-state index in [-0.39, 0.29) is 6.42 Å². The quantitative estimate of drug-likeness (QED) is 0.338. The first-order chi connectivity index (χ1) is 14.9. The first kappa shape index (κ1) is 21.0. The van der Waals surface area contributed by atoms with Crippen LogP contribution in [-0.4, -0.2) is 0 Å². The summed E-state index contributed by atoms with van der Waals surface area (Å²) in [5.74, 6) is -3.75. The Morgan fingerprint density at radius 3 is 2.03 bits per heavy atom. The normalized spacial score (nSPS) is 11.7. The van der Waals surface area contributed by atoms with Gasteiger partial charge in [0.15, 0.2) is 5.76 Å². The van der Waals surface area contributed by atoms with Crippen LogP contribution < -0.4 is 5.63 Å². The Labute approximate surface area is 180 Å². The molecule has 2 nitrogen and oxygen atoms in total. The number of benzene rings is 3. The molecule has 31 heavy (non-hydrogen) atoms. The minimum atomic E-state index is -3.25. The average molecular weight is 418 g/mol. The zero-order valence-electron chi connectivity index (χ0n) is 17.4. The first-order valence-corrected chi connectivity index (χ1v) is 10.5. The molecule has 3 aromatic carbocycles. The van der Waals surface area contributed by atoms with Crippen molar-refractivity contribution in [1.82, 2.24) is 0 Å². The zero-order valence-corrected chi connectivity index (χ0v) is 17.4. The molecular formula is C27H24F2O2. The van der Waals surface area contributed by atoms with Gasteiger partial charge in [0.2, 0.25) is 0 Å². The molecule has 0 radical (unpaired) electrons. The van der Waals surface area contributed by atoms with Crippen LogP contribution in [0.25, 0.3) is 10.8 Å². The fourth-order valence-corrected chi connectivity index (χ4v) is 3.93. The third kappa shape index (κ3) is 4.74. The van der Waals surface area contributed by atoms with Gasteiger partial charge in [-0.1, -0.05) is 78.4 Å². The highest BCUT2D eigenvalue weighted by Gasteiger charge is 2.38. The van der Waals surface area contributed by atoms with Gasteiger partial charge in [0, 0.05) is 12.0 Å². The Bertz CT molecular complexity index is 1230. The molecule has 0 aliphatic carbocycles. The molecule has 4 aromatic rings. The summed E-state index contributed by atoms with van der Waals surface area (Å²) in [7, 11) is 0. The number of aryl methyl sites for hydroxylation is 4. The van der Waals surface area contributed by atoms with Gasteiger partial charge in [-0.15, -0.1) is 0 Å². The van der Waals surface area contributed by atoms with Crippen molar-refractivity contribution in [1.29, 1.82) is 0 Å². The van der Waals surface area contributed by atoms with Crippen LogP contribution in [0.3, 0.4) is 0 Å². The molecule has 0 fully saturated rings. The predicted molar refractivity (Wildman–Crippen MR) is 120 cm³/mol. The minimum absolute atomic E-state index is 0.196. The van der Waals surface area contributed by atoms with E-state index in [2.05, 4.69) is 0 Å². The Hall–Kier alpha value is -3.27. The molecule has 0 saturated carbocycles. The lowest BCUT2D eigenvalue weighted by Gasteiger charge is -2.20. The van der Waals surface area contributed by atoms with Gasteiger partial charge >= 0.3 is 11.5 Å². The first-order valence-electron chi connectivity index (χ1n) is 10.5. The molecule has 0 spiro atoms. The second kappa shape index (κ2) is 8.84. The van der Waals surface area contributed by atoms with Gasteiger partial charge < -0.3 is 4.42 Å². The van der Waals surface area contributed by atoms with Crippen LogP contribution >= 0.6 is 0 Å². The van der Waals surface area contributed by atoms with Crippen molar-refractivity contribution >= 4 is 10.8 Å². The van der Waals surface area contributed by atoms with Gasteiger partial charge in [0.1, 0.15) is 0 Å². The molecule has 4 heteroatoms. The van der Waals surface area contributed by atoms with Gasteiger partial charge in [0.05, 0.1) is 5.39 Å². The van der Waals surface area contributed by atoms with E-state index in [1.807, 2.05) is 73.7 Å². The maximum absolute atomic E-state index is 15.4. The maximum atomic E-state index is 15.4. The molecule has 0 bridgehead atoms. The smallest absolute Gasteiger partial charge is 0.344 e. The van der Waals surface area contributed by atoms with Gasteiger partial charge in [-0.2, -0.15) is 8.78 Å². The van der Waals surface area contributed by atoms with Gasteiger partial charge in [-0.05, 0) is 48.8 Å². The summed E-state index contributed by atoms with van der Waals surface area (Å²) in [5, 5.41) is 0.901. The summed E-state index contributed by atoms with van der Waals surface area (Å²) in [6, 6.07) is 24.2. The van der Waals surface area contributed by atoms with Crippen molar-refractivity contribution in [2.24, 2.45) is 0 Å². The third-order valence-corrected chi connectivity index (χ3v) is 5.60. The summed E-state index contributed by atoms with van der Waals surface area (Å²) in [6.07, 6.45) is 0.723. The Morgan fingerprint density at radius 1 is 0.774 bits per heavy atom. The molecule has 0 unspecified atom stereocenters. The number of hydrogen-bond acceptors (Lipinski definition) is 2. The largest absolute Gasteiger partial charge is 0.421 e. The topological polar surface area (TPSA) is 30.2 Å². The van der Waals surface area contributed by atoms with Crippen LogP contribution in [0.2, 0.25) is 0 Å². The van der Waals surface area contributed by atoms with E-state index in [1.54, 1.807) is 12.1 Å². The molecule has 1 aromatic heterocycles. The third-order valence-electron chi connectivity index (χ3n) is 5.60. The summed E-state index contributed by atoms with van der Waals surface area (Å²) >= 11 is 0. The Morgan fingerprint density at radius 2 is 1.39 bits per heavy atom. The molecule has 0 amide bonds. The molecule has 4 rings (SSSR count). The summed E-state index contributed by atoms with van der Waals surface area (Å²) in [5.41, 5.74) is 2.49. The number of alkyl halides is 2. The Balaban J connectivity index is 1.76. The number of halogens is 2. The van der Waals surface area contributed by atoms with Gasteiger partial charge in [0.25, 0.3) is 0 Å². The molecule has 0 saturated heterocycles. The average Bonchev–Trinajstić information content (AvgIpc) is 2.78. The predicted octanol–water partition coefficient (Wildman–Crippen LogP) is 6.61. The highest BCUT2D eigenvalue weighted by atomic mass is 19.3. The lowest BCUT2D eigenvalue weighted by molar-refractivity contribution is -0.0371. The Kier molecular flexibility index (Phi) is 5.99. The van der Waals surface area contributed by atoms with Crippen molar-refractivity contribution < 1.29 is 13.2 Å². The van der Waals surface area contributed by atoms with Crippen molar-refractivity contribution in [2.75, 3.05) is 0 Å². The van der Waals surface area contributed by atoms with Crippen LogP contribution in [0.15, 0.2) is 88.1 Å². The van der Waals surface area contributed by atoms with E-state index in [0.29, 0.717) is 29.2 Å². The number of fused-ring (bicyclic) bond motifs is 1. The number of rotatable bonds is 7. The van der Waals surface area contributed by atoms with Crippen molar-refractivity contribution in [3.05, 3.63) is 117 Å². The molecule has 0 aliphatic heterocycles. The molecule has 158 valence electrons. The molecule has 0 aliphatic rings. The summed E-state index contributed by atoms with van der Waals surface area (Å²) < 4.78 is 36.1. The standard InChI is InChI=1S/C27H24F2O2/c1-19-12-14-23-24(18-19)22(15-13-20-8-4-2-5-9-20)25(31-26(23)30)27(28,29)17-16-21-10-6-3-7-11-21/h2-12,14,18H,13,15-17H2,1H3. The van der Waals surface area contributed by atoms with Crippen molar-refractivity contribution in [3.63, 3.8) is 0 Å².